The van der Waals surface area contributed by atoms with Gasteiger partial charge in [0.1, 0.15) is 0 Å². The average molecular weight is 107 g/mol. The van der Waals surface area contributed by atoms with Crippen LogP contribution >= 0.6 is 0 Å². The molecule has 0 atom stereocenters. The fourth-order valence-electron chi connectivity index (χ4n) is 0.468. The third kappa shape index (κ3) is 0.850. The molecule has 40 valence electrons. The van der Waals surface area contributed by atoms with Crippen molar-refractivity contribution in [3.05, 3.63) is 18.0 Å². The Morgan fingerprint density at radius 2 is 2.75 bits per heavy atom. The third-order valence-electron chi connectivity index (χ3n) is 0.828. The number of aromatic amines is 1. The molecular weight excluding hydrogens is 102 g/mol. The SMILES string of the molecule is N#CCc1ccn[nH]1. The molecule has 0 aliphatic carbocycles. The maximum atomic E-state index is 8.14. The first-order chi connectivity index (χ1) is 3.93. The van der Waals surface area contributed by atoms with E-state index in [0.29, 0.717) is 6.42 Å². The third-order valence-corrected chi connectivity index (χ3v) is 0.828. The van der Waals surface area contributed by atoms with Gasteiger partial charge in [0.25, 0.3) is 0 Å². The maximum Gasteiger partial charge on any atom is 0.0769 e. The molecule has 0 amide bonds. The van der Waals surface area contributed by atoms with Crippen LogP contribution in [0, 0.1) is 11.3 Å². The van der Waals surface area contributed by atoms with Crippen molar-refractivity contribution in [3.8, 4) is 6.07 Å². The summed E-state index contributed by atoms with van der Waals surface area (Å²) in [7, 11) is 0. The largest absolute Gasteiger partial charge is 0.282 e. The van der Waals surface area contributed by atoms with Gasteiger partial charge in [0.2, 0.25) is 0 Å². The fourth-order valence-corrected chi connectivity index (χ4v) is 0.468. The van der Waals surface area contributed by atoms with Crippen LogP contribution in [0.3, 0.4) is 0 Å². The lowest BCUT2D eigenvalue weighted by Crippen LogP contribution is -1.78. The number of hydrogen-bond acceptors (Lipinski definition) is 2. The molecule has 0 radical (unpaired) electrons. The van der Waals surface area contributed by atoms with Gasteiger partial charge in [-0.3, -0.25) is 5.10 Å². The molecule has 1 N–H and O–H groups in total. The Bertz CT molecular complexity index is 182. The second kappa shape index (κ2) is 2.12. The van der Waals surface area contributed by atoms with Crippen molar-refractivity contribution < 1.29 is 0 Å². The van der Waals surface area contributed by atoms with Crippen LogP contribution in [-0.4, -0.2) is 10.2 Å². The van der Waals surface area contributed by atoms with Crippen LogP contribution in [0.5, 0.6) is 0 Å². The first kappa shape index (κ1) is 4.85. The number of rotatable bonds is 1. The maximum absolute atomic E-state index is 8.14. The Balaban J connectivity index is 2.67. The molecule has 0 fully saturated rings. The number of aromatic nitrogens is 2. The fraction of sp³-hybridized carbons (Fsp3) is 0.200. The van der Waals surface area contributed by atoms with Crippen molar-refractivity contribution >= 4 is 0 Å². The van der Waals surface area contributed by atoms with Crippen LogP contribution in [0.1, 0.15) is 5.69 Å². The molecular formula is C5H5N3. The van der Waals surface area contributed by atoms with Gasteiger partial charge in [-0.2, -0.15) is 10.4 Å². The molecule has 0 aromatic carbocycles. The Hall–Kier alpha value is -1.30. The van der Waals surface area contributed by atoms with Crippen LogP contribution in [0.15, 0.2) is 12.3 Å². The van der Waals surface area contributed by atoms with Gasteiger partial charge in [-0.05, 0) is 6.07 Å². The zero-order chi connectivity index (χ0) is 5.82. The Morgan fingerprint density at radius 3 is 3.25 bits per heavy atom. The van der Waals surface area contributed by atoms with Gasteiger partial charge in [0.15, 0.2) is 0 Å². The summed E-state index contributed by atoms with van der Waals surface area (Å²) in [6, 6.07) is 3.78. The van der Waals surface area contributed by atoms with Gasteiger partial charge in [-0.25, -0.2) is 0 Å². The molecule has 0 aliphatic rings. The van der Waals surface area contributed by atoms with Gasteiger partial charge in [0, 0.05) is 11.9 Å². The van der Waals surface area contributed by atoms with E-state index < -0.39 is 0 Å². The lowest BCUT2D eigenvalue weighted by atomic mass is 10.3. The van der Waals surface area contributed by atoms with Gasteiger partial charge in [-0.15, -0.1) is 0 Å². The minimum atomic E-state index is 0.417. The number of nitrogens with zero attached hydrogens (tertiary/aromatic N) is 2. The monoisotopic (exact) mass is 107 g/mol. The summed E-state index contributed by atoms with van der Waals surface area (Å²) < 4.78 is 0. The zero-order valence-corrected chi connectivity index (χ0v) is 4.26. The number of nitriles is 1. The van der Waals surface area contributed by atoms with Crippen molar-refractivity contribution in [2.24, 2.45) is 0 Å². The molecule has 0 aliphatic heterocycles. The quantitative estimate of drug-likeness (QED) is 0.567. The summed E-state index contributed by atoms with van der Waals surface area (Å²) in [5.41, 5.74) is 0.868. The molecule has 1 heterocycles. The molecule has 3 heteroatoms. The van der Waals surface area contributed by atoms with Gasteiger partial charge in [-0.1, -0.05) is 0 Å². The number of hydrogen-bond donors (Lipinski definition) is 1. The topological polar surface area (TPSA) is 52.5 Å². The lowest BCUT2D eigenvalue weighted by molar-refractivity contribution is 1.01. The number of H-pyrrole nitrogens is 1. The molecule has 1 rings (SSSR count). The van der Waals surface area contributed by atoms with Gasteiger partial charge >= 0.3 is 0 Å². The standard InChI is InChI=1S/C5H5N3/c6-3-1-5-2-4-7-8-5/h2,4H,1H2,(H,7,8). The smallest absolute Gasteiger partial charge is 0.0769 e. The van der Waals surface area contributed by atoms with Crippen molar-refractivity contribution in [2.45, 2.75) is 6.42 Å². The van der Waals surface area contributed by atoms with Crippen molar-refractivity contribution in [3.63, 3.8) is 0 Å². The highest BCUT2D eigenvalue weighted by Crippen LogP contribution is 1.89. The first-order valence-corrected chi connectivity index (χ1v) is 2.28. The summed E-state index contributed by atoms with van der Waals surface area (Å²) in [5.74, 6) is 0. The first-order valence-electron chi connectivity index (χ1n) is 2.28. The van der Waals surface area contributed by atoms with Crippen LogP contribution in [0.25, 0.3) is 0 Å². The summed E-state index contributed by atoms with van der Waals surface area (Å²) in [6.45, 7) is 0. The molecule has 1 aromatic heterocycles. The second-order valence-corrected chi connectivity index (χ2v) is 1.42. The minimum Gasteiger partial charge on any atom is -0.282 e. The van der Waals surface area contributed by atoms with Gasteiger partial charge in [0.05, 0.1) is 12.5 Å². The van der Waals surface area contributed by atoms with Crippen LogP contribution in [0.4, 0.5) is 0 Å². The molecule has 0 saturated heterocycles. The van der Waals surface area contributed by atoms with Gasteiger partial charge < -0.3 is 0 Å². The van der Waals surface area contributed by atoms with E-state index in [9.17, 15) is 0 Å². The Kier molecular flexibility index (Phi) is 1.29. The Labute approximate surface area is 47.0 Å². The summed E-state index contributed by atoms with van der Waals surface area (Å²) in [5, 5.41) is 14.5. The van der Waals surface area contributed by atoms with Crippen molar-refractivity contribution in [1.29, 1.82) is 5.26 Å². The Morgan fingerprint density at radius 1 is 1.88 bits per heavy atom. The molecule has 0 unspecified atom stereocenters. The summed E-state index contributed by atoms with van der Waals surface area (Å²) >= 11 is 0. The normalized spacial score (nSPS) is 8.38. The van der Waals surface area contributed by atoms with Crippen LogP contribution < -0.4 is 0 Å². The summed E-state index contributed by atoms with van der Waals surface area (Å²) in [6.07, 6.45) is 2.05. The van der Waals surface area contributed by atoms with E-state index in [1.54, 1.807) is 12.3 Å². The highest BCUT2D eigenvalue weighted by atomic mass is 15.1. The van der Waals surface area contributed by atoms with Crippen molar-refractivity contribution in [2.75, 3.05) is 0 Å². The van der Waals surface area contributed by atoms with E-state index in [1.807, 2.05) is 6.07 Å². The minimum absolute atomic E-state index is 0.417. The summed E-state index contributed by atoms with van der Waals surface area (Å²) in [4.78, 5) is 0. The molecule has 0 bridgehead atoms. The van der Waals surface area contributed by atoms with E-state index >= 15 is 0 Å². The van der Waals surface area contributed by atoms with E-state index in [4.69, 9.17) is 5.26 Å². The number of nitrogens with one attached hydrogen (secondary N) is 1. The molecule has 1 aromatic rings. The zero-order valence-electron chi connectivity index (χ0n) is 4.26. The lowest BCUT2D eigenvalue weighted by Gasteiger charge is -1.77. The average Bonchev–Trinajstić information content (AvgIpc) is 2.19. The molecule has 8 heavy (non-hydrogen) atoms. The predicted octanol–water partition coefficient (Wildman–Crippen LogP) is 0.476. The van der Waals surface area contributed by atoms with Crippen LogP contribution in [0.2, 0.25) is 0 Å². The molecule has 0 spiro atoms. The highest BCUT2D eigenvalue weighted by Gasteiger charge is 1.86. The second-order valence-electron chi connectivity index (χ2n) is 1.42. The van der Waals surface area contributed by atoms with E-state index in [1.165, 1.54) is 0 Å². The van der Waals surface area contributed by atoms with Crippen molar-refractivity contribution in [1.82, 2.24) is 10.2 Å². The molecule has 3 nitrogen and oxygen atoms in total. The van der Waals surface area contributed by atoms with Crippen LogP contribution in [-0.2, 0) is 6.42 Å². The van der Waals surface area contributed by atoms with E-state index in [2.05, 4.69) is 10.2 Å². The van der Waals surface area contributed by atoms with E-state index in [0.717, 1.165) is 5.69 Å². The highest BCUT2D eigenvalue weighted by molar-refractivity contribution is 5.03. The molecule has 0 saturated carbocycles. The predicted molar refractivity (Wildman–Crippen MR) is 27.9 cm³/mol. The van der Waals surface area contributed by atoms with E-state index in [-0.39, 0.29) is 0 Å².